The molecule has 2 heterocycles. The average molecular weight is 289 g/mol. The van der Waals surface area contributed by atoms with E-state index in [-0.39, 0.29) is 17.0 Å². The fourth-order valence-electron chi connectivity index (χ4n) is 2.49. The van der Waals surface area contributed by atoms with Crippen molar-refractivity contribution in [1.82, 2.24) is 4.98 Å². The van der Waals surface area contributed by atoms with Gasteiger partial charge in [-0.1, -0.05) is 0 Å². The van der Waals surface area contributed by atoms with Crippen LogP contribution in [0.2, 0.25) is 0 Å². The van der Waals surface area contributed by atoms with E-state index in [9.17, 15) is 13.6 Å². The Balaban J connectivity index is 2.24. The molecule has 1 aliphatic rings. The Hall–Kier alpha value is -2.14. The lowest BCUT2D eigenvalue weighted by Crippen LogP contribution is -2.15. The molecule has 1 aromatic carbocycles. The maximum absolute atomic E-state index is 14.1. The molecule has 0 fully saturated rings. The second-order valence-electron chi connectivity index (χ2n) is 4.96. The first kappa shape index (κ1) is 13.8. The molecule has 0 aliphatic carbocycles. The third kappa shape index (κ3) is 2.56. The summed E-state index contributed by atoms with van der Waals surface area (Å²) in [7, 11) is 0. The van der Waals surface area contributed by atoms with Gasteiger partial charge in [0, 0.05) is 18.6 Å². The minimum atomic E-state index is -0.649. The Kier molecular flexibility index (Phi) is 3.51. The molecule has 0 spiro atoms. The summed E-state index contributed by atoms with van der Waals surface area (Å²) in [5, 5.41) is 0. The van der Waals surface area contributed by atoms with Crippen molar-refractivity contribution < 1.29 is 18.3 Å². The van der Waals surface area contributed by atoms with Crippen LogP contribution in [-0.2, 0) is 17.8 Å². The number of fused-ring (bicyclic) bond motifs is 1. The number of halogens is 2. The highest BCUT2D eigenvalue weighted by atomic mass is 19.1. The molecule has 3 nitrogen and oxygen atoms in total. The summed E-state index contributed by atoms with van der Waals surface area (Å²) in [6.07, 6.45) is 0.590. The van der Waals surface area contributed by atoms with E-state index in [2.05, 4.69) is 4.98 Å². The Morgan fingerprint density at radius 1 is 1.24 bits per heavy atom. The quantitative estimate of drug-likeness (QED) is 0.796. The van der Waals surface area contributed by atoms with Gasteiger partial charge in [0.05, 0.1) is 18.9 Å². The van der Waals surface area contributed by atoms with Gasteiger partial charge in [0.2, 0.25) is 0 Å². The second-order valence-corrected chi connectivity index (χ2v) is 4.96. The largest absolute Gasteiger partial charge is 0.375 e. The lowest BCUT2D eigenvalue weighted by molar-refractivity contribution is 0.0997. The summed E-state index contributed by atoms with van der Waals surface area (Å²) in [6, 6.07) is 5.01. The van der Waals surface area contributed by atoms with Gasteiger partial charge >= 0.3 is 0 Å². The van der Waals surface area contributed by atoms with Gasteiger partial charge in [0.25, 0.3) is 0 Å². The van der Waals surface area contributed by atoms with Gasteiger partial charge < -0.3 is 4.74 Å². The van der Waals surface area contributed by atoms with Crippen molar-refractivity contribution in [1.29, 1.82) is 0 Å². The van der Waals surface area contributed by atoms with Gasteiger partial charge in [0.1, 0.15) is 17.3 Å². The molecular weight excluding hydrogens is 276 g/mol. The number of Topliss-reactive ketones (excluding diaryl/α,β-unsaturated/α-hetero) is 1. The second kappa shape index (κ2) is 5.33. The van der Waals surface area contributed by atoms with Crippen LogP contribution in [0.5, 0.6) is 0 Å². The third-order valence-electron chi connectivity index (χ3n) is 3.53. The first-order chi connectivity index (χ1) is 10.1. The molecule has 1 aliphatic heterocycles. The van der Waals surface area contributed by atoms with Gasteiger partial charge in [0.15, 0.2) is 5.78 Å². The molecule has 2 aromatic rings. The Labute approximate surface area is 120 Å². The molecule has 0 amide bonds. The molecule has 0 saturated carbocycles. The zero-order valence-electron chi connectivity index (χ0n) is 11.5. The van der Waals surface area contributed by atoms with E-state index in [0.29, 0.717) is 30.9 Å². The number of carbonyl (C=O) groups is 1. The van der Waals surface area contributed by atoms with Gasteiger partial charge in [-0.05, 0) is 35.7 Å². The van der Waals surface area contributed by atoms with Gasteiger partial charge in [-0.3, -0.25) is 4.79 Å². The van der Waals surface area contributed by atoms with Crippen molar-refractivity contribution >= 4 is 5.78 Å². The van der Waals surface area contributed by atoms with Crippen LogP contribution in [0.15, 0.2) is 24.3 Å². The molecule has 0 radical (unpaired) electrons. The molecular formula is C16H13F2NO2. The van der Waals surface area contributed by atoms with E-state index in [4.69, 9.17) is 4.74 Å². The van der Waals surface area contributed by atoms with E-state index in [1.54, 1.807) is 6.07 Å². The highest BCUT2D eigenvalue weighted by Gasteiger charge is 2.20. The topological polar surface area (TPSA) is 39.2 Å². The van der Waals surface area contributed by atoms with Crippen LogP contribution in [0.25, 0.3) is 11.1 Å². The number of rotatable bonds is 2. The van der Waals surface area contributed by atoms with Gasteiger partial charge in [-0.15, -0.1) is 0 Å². The predicted octanol–water partition coefficient (Wildman–Crippen LogP) is 3.30. The fourth-order valence-corrected chi connectivity index (χ4v) is 2.49. The number of aromatic nitrogens is 1. The molecule has 3 rings (SSSR count). The lowest BCUT2D eigenvalue weighted by atomic mass is 9.94. The number of benzene rings is 1. The first-order valence-corrected chi connectivity index (χ1v) is 6.63. The summed E-state index contributed by atoms with van der Waals surface area (Å²) in [5.74, 6) is -1.48. The maximum Gasteiger partial charge on any atom is 0.178 e. The van der Waals surface area contributed by atoms with Crippen molar-refractivity contribution in [2.45, 2.75) is 20.0 Å². The highest BCUT2D eigenvalue weighted by molar-refractivity contribution is 5.93. The van der Waals surface area contributed by atoms with E-state index in [1.807, 2.05) is 0 Å². The highest BCUT2D eigenvalue weighted by Crippen LogP contribution is 2.31. The molecule has 21 heavy (non-hydrogen) atoms. The van der Waals surface area contributed by atoms with Crippen molar-refractivity contribution in [2.75, 3.05) is 6.61 Å². The smallest absolute Gasteiger partial charge is 0.178 e. The summed E-state index contributed by atoms with van der Waals surface area (Å²) in [5.41, 5.74) is 2.63. The minimum Gasteiger partial charge on any atom is -0.375 e. The lowest BCUT2D eigenvalue weighted by Gasteiger charge is -2.20. The van der Waals surface area contributed by atoms with E-state index >= 15 is 0 Å². The van der Waals surface area contributed by atoms with Crippen molar-refractivity contribution in [3.8, 4) is 11.1 Å². The van der Waals surface area contributed by atoms with Gasteiger partial charge in [-0.25, -0.2) is 13.8 Å². The van der Waals surface area contributed by atoms with Crippen LogP contribution < -0.4 is 0 Å². The van der Waals surface area contributed by atoms with Crippen LogP contribution in [0.1, 0.15) is 28.7 Å². The maximum atomic E-state index is 14.1. The SMILES string of the molecule is CC(=O)c1cc(-c2ccc(F)cc2F)c2c(n1)COCC2. The number of pyridine rings is 1. The minimum absolute atomic E-state index is 0.202. The van der Waals surface area contributed by atoms with Crippen LogP contribution in [0.4, 0.5) is 8.78 Å². The number of hydrogen-bond acceptors (Lipinski definition) is 3. The molecule has 1 aromatic heterocycles. The molecule has 0 unspecified atom stereocenters. The zero-order valence-corrected chi connectivity index (χ0v) is 11.5. The average Bonchev–Trinajstić information content (AvgIpc) is 2.46. The molecule has 5 heteroatoms. The summed E-state index contributed by atoms with van der Waals surface area (Å²) < 4.78 is 32.5. The summed E-state index contributed by atoms with van der Waals surface area (Å²) in [4.78, 5) is 15.9. The molecule has 0 bridgehead atoms. The molecule has 0 saturated heterocycles. The Morgan fingerprint density at radius 3 is 2.76 bits per heavy atom. The van der Waals surface area contributed by atoms with Crippen LogP contribution in [0.3, 0.4) is 0 Å². The number of carbonyl (C=O) groups excluding carboxylic acids is 1. The van der Waals surface area contributed by atoms with Gasteiger partial charge in [-0.2, -0.15) is 0 Å². The summed E-state index contributed by atoms with van der Waals surface area (Å²) in [6.45, 7) is 2.22. The van der Waals surface area contributed by atoms with E-state index in [1.165, 1.54) is 19.1 Å². The number of hydrogen-bond donors (Lipinski definition) is 0. The zero-order chi connectivity index (χ0) is 15.0. The number of ketones is 1. The van der Waals surface area contributed by atoms with Crippen molar-refractivity contribution in [2.24, 2.45) is 0 Å². The number of ether oxygens (including phenoxy) is 1. The van der Waals surface area contributed by atoms with Crippen LogP contribution in [0, 0.1) is 11.6 Å². The van der Waals surface area contributed by atoms with Crippen molar-refractivity contribution in [3.63, 3.8) is 0 Å². The molecule has 0 N–H and O–H groups in total. The fraction of sp³-hybridized carbons (Fsp3) is 0.250. The Bertz CT molecular complexity index is 728. The summed E-state index contributed by atoms with van der Waals surface area (Å²) >= 11 is 0. The van der Waals surface area contributed by atoms with Crippen molar-refractivity contribution in [3.05, 3.63) is 52.9 Å². The third-order valence-corrected chi connectivity index (χ3v) is 3.53. The van der Waals surface area contributed by atoms with E-state index in [0.717, 1.165) is 11.6 Å². The van der Waals surface area contributed by atoms with Crippen LogP contribution in [-0.4, -0.2) is 17.4 Å². The molecule has 0 atom stereocenters. The monoisotopic (exact) mass is 289 g/mol. The predicted molar refractivity (Wildman–Crippen MR) is 73.0 cm³/mol. The molecule has 108 valence electrons. The normalized spacial score (nSPS) is 13.9. The van der Waals surface area contributed by atoms with E-state index < -0.39 is 11.6 Å². The standard InChI is InChI=1S/C16H13F2NO2/c1-9(20)15-7-13(11-3-2-10(17)6-14(11)18)12-4-5-21-8-16(12)19-15/h2-3,6-7H,4-5,8H2,1H3. The Morgan fingerprint density at radius 2 is 2.05 bits per heavy atom. The first-order valence-electron chi connectivity index (χ1n) is 6.63. The van der Waals surface area contributed by atoms with Crippen LogP contribution >= 0.6 is 0 Å². The number of nitrogens with zero attached hydrogens (tertiary/aromatic N) is 1.